The van der Waals surface area contributed by atoms with Crippen LogP contribution in [0.4, 0.5) is 8.78 Å². The van der Waals surface area contributed by atoms with Crippen LogP contribution in [0.1, 0.15) is 30.3 Å². The number of amides is 1. The van der Waals surface area contributed by atoms with Gasteiger partial charge in [0.15, 0.2) is 11.6 Å². The highest BCUT2D eigenvalue weighted by atomic mass is 19.2. The van der Waals surface area contributed by atoms with Crippen LogP contribution >= 0.6 is 0 Å². The predicted octanol–water partition coefficient (Wildman–Crippen LogP) is 3.00. The van der Waals surface area contributed by atoms with Crippen LogP contribution in [0.2, 0.25) is 0 Å². The van der Waals surface area contributed by atoms with Crippen molar-refractivity contribution in [2.24, 2.45) is 0 Å². The first-order chi connectivity index (χ1) is 11.0. The molecule has 6 heteroatoms. The minimum Gasteiger partial charge on any atom is -0.347 e. The molecule has 0 bridgehead atoms. The lowest BCUT2D eigenvalue weighted by atomic mass is 10.1. The van der Waals surface area contributed by atoms with Gasteiger partial charge in [0.2, 0.25) is 0 Å². The Morgan fingerprint density at radius 2 is 2.00 bits per heavy atom. The number of halogens is 2. The molecule has 0 atom stereocenters. The molecule has 0 spiro atoms. The molecule has 2 aromatic rings. The molecule has 0 aliphatic carbocycles. The maximum Gasteiger partial charge on any atom is 0.268 e. The van der Waals surface area contributed by atoms with Crippen LogP contribution in [0.25, 0.3) is 10.8 Å². The molecule has 23 heavy (non-hydrogen) atoms. The van der Waals surface area contributed by atoms with Crippen molar-refractivity contribution in [2.75, 3.05) is 6.54 Å². The average Bonchev–Trinajstić information content (AvgIpc) is 2.53. The molecule has 0 aliphatic rings. The Morgan fingerprint density at radius 3 is 2.65 bits per heavy atom. The lowest BCUT2D eigenvalue weighted by molar-refractivity contribution is 0.0947. The van der Waals surface area contributed by atoms with Crippen LogP contribution in [-0.4, -0.2) is 17.0 Å². The van der Waals surface area contributed by atoms with Gasteiger partial charge in [-0.3, -0.25) is 9.59 Å². The summed E-state index contributed by atoms with van der Waals surface area (Å²) in [5.74, 6) is -2.59. The zero-order chi connectivity index (χ0) is 17.0. The Morgan fingerprint density at radius 1 is 1.30 bits per heavy atom. The van der Waals surface area contributed by atoms with Crippen molar-refractivity contribution in [2.45, 2.75) is 26.3 Å². The summed E-state index contributed by atoms with van der Waals surface area (Å²) >= 11 is 0. The van der Waals surface area contributed by atoms with E-state index in [9.17, 15) is 18.4 Å². The predicted molar refractivity (Wildman–Crippen MR) is 85.6 cm³/mol. The van der Waals surface area contributed by atoms with E-state index in [1.807, 2.05) is 6.92 Å². The summed E-state index contributed by atoms with van der Waals surface area (Å²) in [6, 6.07) is 3.22. The number of fused-ring (bicyclic) bond motifs is 1. The van der Waals surface area contributed by atoms with Crippen LogP contribution in [-0.2, 0) is 6.54 Å². The zero-order valence-corrected chi connectivity index (χ0v) is 12.9. The number of carbonyl (C=O) groups is 1. The summed E-state index contributed by atoms with van der Waals surface area (Å²) in [6.45, 7) is 6.05. The van der Waals surface area contributed by atoms with Crippen molar-refractivity contribution in [3.63, 3.8) is 0 Å². The highest BCUT2D eigenvalue weighted by Crippen LogP contribution is 2.17. The van der Waals surface area contributed by atoms with Gasteiger partial charge in [-0.2, -0.15) is 0 Å². The number of carbonyl (C=O) groups excluding carboxylic acids is 1. The van der Waals surface area contributed by atoms with Crippen molar-refractivity contribution in [1.82, 2.24) is 9.88 Å². The SMILES string of the molecule is C=CCNC(=O)c1cc2cc(F)c(F)cc2c(=O)n1CCCC. The number of unbranched alkanes of at least 4 members (excludes halogenated alkanes) is 1. The average molecular weight is 320 g/mol. The summed E-state index contributed by atoms with van der Waals surface area (Å²) < 4.78 is 28.2. The van der Waals surface area contributed by atoms with E-state index in [1.54, 1.807) is 0 Å². The molecule has 1 amide bonds. The summed E-state index contributed by atoms with van der Waals surface area (Å²) in [5, 5.41) is 2.85. The third-order valence-corrected chi connectivity index (χ3v) is 3.53. The third-order valence-electron chi connectivity index (χ3n) is 3.53. The number of nitrogens with one attached hydrogen (secondary N) is 1. The summed E-state index contributed by atoms with van der Waals surface area (Å²) in [7, 11) is 0. The highest BCUT2D eigenvalue weighted by molar-refractivity contribution is 5.96. The molecule has 122 valence electrons. The molecule has 1 heterocycles. The van der Waals surface area contributed by atoms with Crippen molar-refractivity contribution in [1.29, 1.82) is 0 Å². The van der Waals surface area contributed by atoms with Crippen molar-refractivity contribution in [3.8, 4) is 0 Å². The largest absolute Gasteiger partial charge is 0.347 e. The Labute approximate surface area is 132 Å². The van der Waals surface area contributed by atoms with Gasteiger partial charge in [-0.25, -0.2) is 8.78 Å². The van der Waals surface area contributed by atoms with Gasteiger partial charge in [-0.1, -0.05) is 19.4 Å². The minimum atomic E-state index is -1.08. The minimum absolute atomic E-state index is 0.0558. The second kappa shape index (κ2) is 7.17. The first kappa shape index (κ1) is 16.9. The van der Waals surface area contributed by atoms with E-state index in [-0.39, 0.29) is 23.0 Å². The van der Waals surface area contributed by atoms with Gasteiger partial charge >= 0.3 is 0 Å². The fourth-order valence-corrected chi connectivity index (χ4v) is 2.33. The molecule has 0 unspecified atom stereocenters. The fraction of sp³-hybridized carbons (Fsp3) is 0.294. The number of hydrogen-bond donors (Lipinski definition) is 1. The van der Waals surface area contributed by atoms with Crippen LogP contribution in [0, 0.1) is 11.6 Å². The van der Waals surface area contributed by atoms with E-state index < -0.39 is 23.1 Å². The van der Waals surface area contributed by atoms with Gasteiger partial charge in [-0.15, -0.1) is 6.58 Å². The lowest BCUT2D eigenvalue weighted by Crippen LogP contribution is -2.32. The smallest absolute Gasteiger partial charge is 0.268 e. The zero-order valence-electron chi connectivity index (χ0n) is 12.9. The van der Waals surface area contributed by atoms with Crippen molar-refractivity contribution >= 4 is 16.7 Å². The number of pyridine rings is 1. The molecule has 4 nitrogen and oxygen atoms in total. The molecule has 0 radical (unpaired) electrons. The molecular formula is C17H18F2N2O2. The number of nitrogens with zero attached hydrogens (tertiary/aromatic N) is 1. The maximum atomic E-state index is 13.4. The summed E-state index contributed by atoms with van der Waals surface area (Å²) in [4.78, 5) is 24.8. The van der Waals surface area contributed by atoms with E-state index in [2.05, 4.69) is 11.9 Å². The Kier molecular flexibility index (Phi) is 5.26. The third kappa shape index (κ3) is 3.47. The molecule has 1 aromatic heterocycles. The Hall–Kier alpha value is -2.50. The molecule has 1 aromatic carbocycles. The Balaban J connectivity index is 2.66. The van der Waals surface area contributed by atoms with E-state index in [0.29, 0.717) is 13.0 Å². The first-order valence-corrected chi connectivity index (χ1v) is 7.41. The van der Waals surface area contributed by atoms with Gasteiger partial charge in [0, 0.05) is 13.1 Å². The van der Waals surface area contributed by atoms with Crippen LogP contribution < -0.4 is 10.9 Å². The quantitative estimate of drug-likeness (QED) is 0.832. The second-order valence-corrected chi connectivity index (χ2v) is 5.19. The van der Waals surface area contributed by atoms with Crippen LogP contribution in [0.5, 0.6) is 0 Å². The fourth-order valence-electron chi connectivity index (χ4n) is 2.33. The van der Waals surface area contributed by atoms with E-state index in [4.69, 9.17) is 0 Å². The van der Waals surface area contributed by atoms with Gasteiger partial charge in [0.25, 0.3) is 11.5 Å². The first-order valence-electron chi connectivity index (χ1n) is 7.41. The van der Waals surface area contributed by atoms with E-state index in [0.717, 1.165) is 18.6 Å². The molecule has 0 fully saturated rings. The maximum absolute atomic E-state index is 13.4. The highest BCUT2D eigenvalue weighted by Gasteiger charge is 2.16. The Bertz CT molecular complexity index is 812. The van der Waals surface area contributed by atoms with Gasteiger partial charge in [0.05, 0.1) is 5.39 Å². The van der Waals surface area contributed by atoms with Gasteiger partial charge < -0.3 is 9.88 Å². The summed E-state index contributed by atoms with van der Waals surface area (Å²) in [5.41, 5.74) is -0.373. The van der Waals surface area contributed by atoms with Crippen molar-refractivity contribution in [3.05, 3.63) is 58.5 Å². The summed E-state index contributed by atoms with van der Waals surface area (Å²) in [6.07, 6.45) is 3.04. The number of aromatic nitrogens is 1. The van der Waals surface area contributed by atoms with E-state index in [1.165, 1.54) is 16.7 Å². The number of rotatable bonds is 6. The monoisotopic (exact) mass is 320 g/mol. The normalized spacial score (nSPS) is 10.7. The lowest BCUT2D eigenvalue weighted by Gasteiger charge is -2.14. The van der Waals surface area contributed by atoms with Gasteiger partial charge in [0.1, 0.15) is 5.69 Å². The number of hydrogen-bond acceptors (Lipinski definition) is 2. The number of benzene rings is 1. The molecule has 2 rings (SSSR count). The van der Waals surface area contributed by atoms with Crippen LogP contribution in [0.15, 0.2) is 35.6 Å². The van der Waals surface area contributed by atoms with Crippen LogP contribution in [0.3, 0.4) is 0 Å². The standard InChI is InChI=1S/C17H18F2N2O2/c1-3-5-7-21-15(16(22)20-6-4-2)9-11-8-13(18)14(19)10-12(11)17(21)23/h4,8-10H,2-3,5-7H2,1H3,(H,20,22). The van der Waals surface area contributed by atoms with E-state index >= 15 is 0 Å². The molecule has 0 saturated carbocycles. The van der Waals surface area contributed by atoms with Gasteiger partial charge in [-0.05, 0) is 30.0 Å². The molecular weight excluding hydrogens is 302 g/mol. The van der Waals surface area contributed by atoms with Crippen molar-refractivity contribution < 1.29 is 13.6 Å². The topological polar surface area (TPSA) is 51.1 Å². The molecule has 1 N–H and O–H groups in total. The second-order valence-electron chi connectivity index (χ2n) is 5.19. The molecule has 0 aliphatic heterocycles. The molecule has 0 saturated heterocycles.